The van der Waals surface area contributed by atoms with Gasteiger partial charge in [0.25, 0.3) is 0 Å². The van der Waals surface area contributed by atoms with Gasteiger partial charge < -0.3 is 4.90 Å². The van der Waals surface area contributed by atoms with Crippen LogP contribution in [0.25, 0.3) is 10.2 Å². The predicted octanol–water partition coefficient (Wildman–Crippen LogP) is 5.80. The van der Waals surface area contributed by atoms with Gasteiger partial charge in [0, 0.05) is 23.6 Å². The Morgan fingerprint density at radius 1 is 1.10 bits per heavy atom. The van der Waals surface area contributed by atoms with Gasteiger partial charge in [0.2, 0.25) is 5.91 Å². The summed E-state index contributed by atoms with van der Waals surface area (Å²) in [6, 6.07) is 14.5. The molecule has 0 fully saturated rings. The Hall–Kier alpha value is -1.60. The Labute approximate surface area is 194 Å². The summed E-state index contributed by atoms with van der Waals surface area (Å²) >= 11 is 3.36. The van der Waals surface area contributed by atoms with Crippen LogP contribution in [0.2, 0.25) is 0 Å². The van der Waals surface area contributed by atoms with Gasteiger partial charge >= 0.3 is 0 Å². The summed E-state index contributed by atoms with van der Waals surface area (Å²) in [7, 11) is 4.12. The highest BCUT2D eigenvalue weighted by Gasteiger charge is 2.20. The van der Waals surface area contributed by atoms with Crippen LogP contribution in [0.5, 0.6) is 0 Å². The Balaban J connectivity index is 0.00000320. The van der Waals surface area contributed by atoms with Crippen LogP contribution in [-0.2, 0) is 4.79 Å². The number of aromatic nitrogens is 1. The number of carbonyl (C=O) groups is 1. The number of aryl methyl sites for hydroxylation is 2. The molecule has 0 aliphatic rings. The van der Waals surface area contributed by atoms with Crippen LogP contribution < -0.4 is 4.90 Å². The zero-order chi connectivity index (χ0) is 20.8. The normalized spacial score (nSPS) is 11.0. The van der Waals surface area contributed by atoms with E-state index in [1.807, 2.05) is 23.1 Å². The van der Waals surface area contributed by atoms with E-state index in [4.69, 9.17) is 4.98 Å². The fraction of sp³-hybridized carbons (Fsp3) is 0.391. The monoisotopic (exact) mass is 463 g/mol. The second kappa shape index (κ2) is 11.7. The maximum atomic E-state index is 13.1. The molecule has 30 heavy (non-hydrogen) atoms. The molecule has 0 aliphatic heterocycles. The van der Waals surface area contributed by atoms with Crippen molar-refractivity contribution >= 4 is 56.8 Å². The number of hydrogen-bond acceptors (Lipinski definition) is 5. The smallest absolute Gasteiger partial charge is 0.229 e. The highest BCUT2D eigenvalue weighted by atomic mass is 35.5. The van der Waals surface area contributed by atoms with Crippen LogP contribution in [0.15, 0.2) is 47.4 Å². The number of rotatable bonds is 9. The molecule has 0 atom stereocenters. The van der Waals surface area contributed by atoms with Gasteiger partial charge in [-0.15, -0.1) is 24.2 Å². The molecule has 0 aliphatic carbocycles. The topological polar surface area (TPSA) is 36.4 Å². The number of anilines is 1. The molecule has 7 heteroatoms. The number of carbonyl (C=O) groups excluding carboxylic acids is 1. The molecule has 0 saturated heterocycles. The summed E-state index contributed by atoms with van der Waals surface area (Å²) < 4.78 is 1.18. The number of amides is 1. The first kappa shape index (κ1) is 24.7. The van der Waals surface area contributed by atoms with Gasteiger partial charge in [-0.25, -0.2) is 4.98 Å². The first-order valence-electron chi connectivity index (χ1n) is 9.95. The summed E-state index contributed by atoms with van der Waals surface area (Å²) in [5.74, 6) is 0.927. The lowest BCUT2D eigenvalue weighted by molar-refractivity contribution is -0.118. The van der Waals surface area contributed by atoms with Crippen molar-refractivity contribution < 1.29 is 4.79 Å². The molecule has 0 radical (unpaired) electrons. The van der Waals surface area contributed by atoms with E-state index in [9.17, 15) is 4.79 Å². The van der Waals surface area contributed by atoms with Gasteiger partial charge in [-0.05, 0) is 70.2 Å². The third-order valence-electron chi connectivity index (χ3n) is 4.66. The summed E-state index contributed by atoms with van der Waals surface area (Å²) in [6.07, 6.45) is 1.44. The first-order chi connectivity index (χ1) is 13.9. The van der Waals surface area contributed by atoms with Crippen molar-refractivity contribution in [3.8, 4) is 0 Å². The van der Waals surface area contributed by atoms with Crippen LogP contribution in [0.1, 0.15) is 24.0 Å². The molecule has 1 amide bonds. The van der Waals surface area contributed by atoms with Crippen molar-refractivity contribution in [1.82, 2.24) is 9.88 Å². The van der Waals surface area contributed by atoms with Crippen molar-refractivity contribution in [2.24, 2.45) is 0 Å². The Morgan fingerprint density at radius 2 is 1.83 bits per heavy atom. The average molecular weight is 464 g/mol. The van der Waals surface area contributed by atoms with Crippen LogP contribution >= 0.6 is 35.5 Å². The van der Waals surface area contributed by atoms with Crippen LogP contribution in [0.4, 0.5) is 5.13 Å². The molecule has 3 rings (SSSR count). The van der Waals surface area contributed by atoms with Crippen molar-refractivity contribution in [1.29, 1.82) is 0 Å². The highest BCUT2D eigenvalue weighted by molar-refractivity contribution is 7.99. The predicted molar refractivity (Wildman–Crippen MR) is 134 cm³/mol. The Bertz CT molecular complexity index is 960. The lowest BCUT2D eigenvalue weighted by atomic mass is 10.1. The maximum Gasteiger partial charge on any atom is 0.229 e. The molecule has 162 valence electrons. The van der Waals surface area contributed by atoms with E-state index >= 15 is 0 Å². The van der Waals surface area contributed by atoms with Crippen molar-refractivity contribution in [3.05, 3.63) is 53.6 Å². The number of hydrogen-bond donors (Lipinski definition) is 0. The van der Waals surface area contributed by atoms with Crippen molar-refractivity contribution in [3.63, 3.8) is 0 Å². The van der Waals surface area contributed by atoms with E-state index in [-0.39, 0.29) is 18.3 Å². The molecular weight excluding hydrogens is 434 g/mol. The van der Waals surface area contributed by atoms with Gasteiger partial charge in [0.15, 0.2) is 5.13 Å². The standard InChI is InChI=1S/C23H29N3OS2.ClH/c1-17-15-18(2)22-20(16-17)24-23(29-22)26(13-8-12-25(3)4)21(27)11-14-28-19-9-6-5-7-10-19;/h5-7,9-10,15-16H,8,11-14H2,1-4H3;1H. The van der Waals surface area contributed by atoms with Gasteiger partial charge in [0.05, 0.1) is 10.2 Å². The summed E-state index contributed by atoms with van der Waals surface area (Å²) in [4.78, 5) is 23.2. The van der Waals surface area contributed by atoms with Crippen molar-refractivity contribution in [2.75, 3.05) is 37.8 Å². The van der Waals surface area contributed by atoms with E-state index in [1.54, 1.807) is 23.1 Å². The third-order valence-corrected chi connectivity index (χ3v) is 6.90. The minimum absolute atomic E-state index is 0. The molecular formula is C23H30ClN3OS2. The number of nitrogens with zero attached hydrogens (tertiary/aromatic N) is 3. The minimum atomic E-state index is 0. The molecule has 4 nitrogen and oxygen atoms in total. The molecule has 1 aromatic heterocycles. The quantitative estimate of drug-likeness (QED) is 0.375. The summed E-state index contributed by atoms with van der Waals surface area (Å²) in [5, 5.41) is 0.821. The molecule has 0 bridgehead atoms. The SMILES string of the molecule is Cc1cc(C)c2sc(N(CCCN(C)C)C(=O)CCSc3ccccc3)nc2c1.Cl. The zero-order valence-electron chi connectivity index (χ0n) is 18.1. The maximum absolute atomic E-state index is 13.1. The number of thiazole rings is 1. The van der Waals surface area contributed by atoms with Gasteiger partial charge in [-0.1, -0.05) is 35.6 Å². The summed E-state index contributed by atoms with van der Waals surface area (Å²) in [5.41, 5.74) is 3.42. The average Bonchev–Trinajstić information content (AvgIpc) is 3.09. The molecule has 0 spiro atoms. The fourth-order valence-electron chi connectivity index (χ4n) is 3.26. The van der Waals surface area contributed by atoms with E-state index in [0.29, 0.717) is 13.0 Å². The van der Waals surface area contributed by atoms with Gasteiger partial charge in [0.1, 0.15) is 0 Å². The second-order valence-electron chi connectivity index (χ2n) is 7.54. The highest BCUT2D eigenvalue weighted by Crippen LogP contribution is 2.32. The van der Waals surface area contributed by atoms with Gasteiger partial charge in [-0.3, -0.25) is 9.69 Å². The van der Waals surface area contributed by atoms with Crippen molar-refractivity contribution in [2.45, 2.75) is 31.6 Å². The molecule has 2 aromatic carbocycles. The lowest BCUT2D eigenvalue weighted by Crippen LogP contribution is -2.33. The van der Waals surface area contributed by atoms with Crippen LogP contribution in [0.3, 0.4) is 0 Å². The van der Waals surface area contributed by atoms with E-state index < -0.39 is 0 Å². The van der Waals surface area contributed by atoms with Crippen LogP contribution in [-0.4, -0.2) is 48.7 Å². The zero-order valence-corrected chi connectivity index (χ0v) is 20.5. The third kappa shape index (κ3) is 6.71. The number of fused-ring (bicyclic) bond motifs is 1. The summed E-state index contributed by atoms with van der Waals surface area (Å²) in [6.45, 7) is 5.86. The number of thioether (sulfide) groups is 1. The lowest BCUT2D eigenvalue weighted by Gasteiger charge is -2.21. The minimum Gasteiger partial charge on any atom is -0.309 e. The molecule has 0 unspecified atom stereocenters. The van der Waals surface area contributed by atoms with E-state index in [0.717, 1.165) is 29.4 Å². The largest absolute Gasteiger partial charge is 0.309 e. The molecule has 3 aromatic rings. The molecule has 1 heterocycles. The Kier molecular flexibility index (Phi) is 9.62. The first-order valence-corrected chi connectivity index (χ1v) is 11.7. The second-order valence-corrected chi connectivity index (χ2v) is 9.69. The van der Waals surface area contributed by atoms with Gasteiger partial charge in [-0.2, -0.15) is 0 Å². The Morgan fingerprint density at radius 3 is 2.53 bits per heavy atom. The fourth-order valence-corrected chi connectivity index (χ4v) is 5.18. The number of halogens is 1. The number of benzene rings is 2. The molecule has 0 N–H and O–H groups in total. The van der Waals surface area contributed by atoms with Crippen LogP contribution in [0, 0.1) is 13.8 Å². The van der Waals surface area contributed by atoms with E-state index in [1.165, 1.54) is 20.7 Å². The molecule has 0 saturated carbocycles. The van der Waals surface area contributed by atoms with E-state index in [2.05, 4.69) is 57.1 Å².